The zero-order valence-electron chi connectivity index (χ0n) is 8.22. The van der Waals surface area contributed by atoms with E-state index in [1.165, 1.54) is 0 Å². The van der Waals surface area contributed by atoms with Gasteiger partial charge in [-0.3, -0.25) is 4.79 Å². The summed E-state index contributed by atoms with van der Waals surface area (Å²) in [5.74, 6) is 0.462. The molecule has 2 rings (SSSR count). The first-order valence-corrected chi connectivity index (χ1v) is 4.97. The van der Waals surface area contributed by atoms with E-state index < -0.39 is 6.17 Å². The largest absolute Gasteiger partial charge is 0.395 e. The highest BCUT2D eigenvalue weighted by Gasteiger charge is 2.32. The van der Waals surface area contributed by atoms with Gasteiger partial charge in [-0.05, 0) is 0 Å². The van der Waals surface area contributed by atoms with E-state index in [4.69, 9.17) is 22.4 Å². The third-order valence-electron chi connectivity index (χ3n) is 2.23. The average molecular weight is 244 g/mol. The molecule has 1 aromatic heterocycles. The number of nitrogen functional groups attached to an aromatic ring is 1. The molecule has 1 aromatic rings. The molecule has 4 N–H and O–H groups in total. The van der Waals surface area contributed by atoms with E-state index >= 15 is 0 Å². The molecule has 1 atom stereocenters. The summed E-state index contributed by atoms with van der Waals surface area (Å²) in [6.07, 6.45) is 0.0971. The highest BCUT2D eigenvalue weighted by atomic mass is 35.5. The molecular formula is C8H10ClN5O2. The molecule has 8 heteroatoms. The van der Waals surface area contributed by atoms with E-state index in [-0.39, 0.29) is 24.3 Å². The SMILES string of the molecule is Nc1nc(Cl)c2c(n1)N(CCO)C(C=O)N2. The molecule has 1 unspecified atom stereocenters. The van der Waals surface area contributed by atoms with Gasteiger partial charge in [-0.1, -0.05) is 11.6 Å². The van der Waals surface area contributed by atoms with Crippen LogP contribution in [0.4, 0.5) is 17.5 Å². The maximum absolute atomic E-state index is 10.8. The van der Waals surface area contributed by atoms with Gasteiger partial charge in [0.15, 0.2) is 23.4 Å². The number of rotatable bonds is 3. The molecule has 2 heterocycles. The number of nitrogens with one attached hydrogen (secondary N) is 1. The molecule has 1 aliphatic rings. The van der Waals surface area contributed by atoms with Crippen LogP contribution in [0.2, 0.25) is 5.15 Å². The van der Waals surface area contributed by atoms with Crippen molar-refractivity contribution in [3.8, 4) is 0 Å². The van der Waals surface area contributed by atoms with Crippen molar-refractivity contribution in [1.82, 2.24) is 9.97 Å². The molecule has 16 heavy (non-hydrogen) atoms. The van der Waals surface area contributed by atoms with Gasteiger partial charge in [0.1, 0.15) is 5.69 Å². The van der Waals surface area contributed by atoms with Gasteiger partial charge in [0.05, 0.1) is 6.61 Å². The smallest absolute Gasteiger partial charge is 0.223 e. The standard InChI is InChI=1S/C8H10ClN5O2/c9-6-5-7(13-8(10)12-6)14(1-2-15)4(3-16)11-5/h3-4,11,15H,1-2H2,(H2,10,12,13). The summed E-state index contributed by atoms with van der Waals surface area (Å²) in [6, 6.07) is 0. The van der Waals surface area contributed by atoms with Gasteiger partial charge in [-0.2, -0.15) is 9.97 Å². The second-order valence-corrected chi connectivity index (χ2v) is 3.57. The summed E-state index contributed by atoms with van der Waals surface area (Å²) in [5, 5.41) is 11.9. The molecule has 0 saturated carbocycles. The minimum absolute atomic E-state index is 0.0278. The van der Waals surface area contributed by atoms with Gasteiger partial charge in [0.2, 0.25) is 5.95 Å². The predicted molar refractivity (Wildman–Crippen MR) is 59.4 cm³/mol. The Morgan fingerprint density at radius 1 is 1.62 bits per heavy atom. The van der Waals surface area contributed by atoms with Gasteiger partial charge in [-0.25, -0.2) is 0 Å². The number of carbonyl (C=O) groups excluding carboxylic acids is 1. The Labute approximate surface area is 96.2 Å². The second kappa shape index (κ2) is 4.11. The number of β-amino-alcohol motifs (C(OH)–C–C–N with tert-alkyl or cyclic N) is 1. The lowest BCUT2D eigenvalue weighted by molar-refractivity contribution is -0.108. The lowest BCUT2D eigenvalue weighted by Crippen LogP contribution is -2.39. The van der Waals surface area contributed by atoms with Crippen molar-refractivity contribution in [3.05, 3.63) is 5.15 Å². The molecule has 0 aliphatic carbocycles. The number of aldehydes is 1. The van der Waals surface area contributed by atoms with Crippen molar-refractivity contribution in [3.63, 3.8) is 0 Å². The first-order chi connectivity index (χ1) is 7.67. The topological polar surface area (TPSA) is 104 Å². The van der Waals surface area contributed by atoms with Gasteiger partial charge < -0.3 is 21.1 Å². The molecule has 0 amide bonds. The minimum atomic E-state index is -0.601. The van der Waals surface area contributed by atoms with Gasteiger partial charge in [-0.15, -0.1) is 0 Å². The van der Waals surface area contributed by atoms with Crippen LogP contribution < -0.4 is 16.0 Å². The molecule has 86 valence electrons. The van der Waals surface area contributed by atoms with E-state index in [0.717, 1.165) is 0 Å². The van der Waals surface area contributed by atoms with Crippen molar-refractivity contribution < 1.29 is 9.90 Å². The molecular weight excluding hydrogens is 234 g/mol. The third kappa shape index (κ3) is 1.63. The first-order valence-electron chi connectivity index (χ1n) is 4.59. The number of hydrogen-bond donors (Lipinski definition) is 3. The number of carbonyl (C=O) groups is 1. The number of nitrogens with two attached hydrogens (primary N) is 1. The molecule has 7 nitrogen and oxygen atoms in total. The van der Waals surface area contributed by atoms with E-state index in [1.807, 2.05) is 0 Å². The summed E-state index contributed by atoms with van der Waals surface area (Å²) in [7, 11) is 0. The van der Waals surface area contributed by atoms with Crippen molar-refractivity contribution in [2.24, 2.45) is 0 Å². The maximum atomic E-state index is 10.8. The number of anilines is 3. The third-order valence-corrected chi connectivity index (χ3v) is 2.51. The van der Waals surface area contributed by atoms with Crippen LogP contribution in [0.1, 0.15) is 0 Å². The fourth-order valence-electron chi connectivity index (χ4n) is 1.59. The van der Waals surface area contributed by atoms with Gasteiger partial charge >= 0.3 is 0 Å². The molecule has 0 spiro atoms. The Kier molecular flexibility index (Phi) is 2.80. The molecule has 0 bridgehead atoms. The zero-order valence-corrected chi connectivity index (χ0v) is 8.98. The number of aliphatic hydroxyl groups is 1. The Balaban J connectivity index is 2.45. The van der Waals surface area contributed by atoms with E-state index in [2.05, 4.69) is 15.3 Å². The molecule has 0 radical (unpaired) electrons. The van der Waals surface area contributed by atoms with Crippen LogP contribution in [-0.4, -0.2) is 40.7 Å². The summed E-state index contributed by atoms with van der Waals surface area (Å²) >= 11 is 5.86. The lowest BCUT2D eigenvalue weighted by atomic mass is 10.4. The van der Waals surface area contributed by atoms with Crippen LogP contribution in [0.5, 0.6) is 0 Å². The van der Waals surface area contributed by atoms with Crippen molar-refractivity contribution in [2.45, 2.75) is 6.17 Å². The summed E-state index contributed by atoms with van der Waals surface area (Å²) in [5.41, 5.74) is 5.92. The van der Waals surface area contributed by atoms with E-state index in [1.54, 1.807) is 4.90 Å². The van der Waals surface area contributed by atoms with Gasteiger partial charge in [0, 0.05) is 6.54 Å². The molecule has 1 aliphatic heterocycles. The zero-order chi connectivity index (χ0) is 11.7. The van der Waals surface area contributed by atoms with Gasteiger partial charge in [0.25, 0.3) is 0 Å². The number of fused-ring (bicyclic) bond motifs is 1. The fourth-order valence-corrected chi connectivity index (χ4v) is 1.81. The Bertz CT molecular complexity index is 427. The normalized spacial score (nSPS) is 18.1. The molecule has 0 fully saturated rings. The Morgan fingerprint density at radius 2 is 2.38 bits per heavy atom. The highest BCUT2D eigenvalue weighted by molar-refractivity contribution is 6.33. The average Bonchev–Trinajstić information content (AvgIpc) is 2.58. The summed E-state index contributed by atoms with van der Waals surface area (Å²) in [6.45, 7) is 0.156. The number of aromatic nitrogens is 2. The maximum Gasteiger partial charge on any atom is 0.223 e. The quantitative estimate of drug-likeness (QED) is 0.484. The Hall–Kier alpha value is -1.60. The minimum Gasteiger partial charge on any atom is -0.395 e. The Morgan fingerprint density at radius 3 is 3.00 bits per heavy atom. The summed E-state index contributed by atoms with van der Waals surface area (Å²) in [4.78, 5) is 20.2. The highest BCUT2D eigenvalue weighted by Crippen LogP contribution is 2.36. The first kappa shape index (κ1) is 10.9. The van der Waals surface area contributed by atoms with Crippen molar-refractivity contribution in [1.29, 1.82) is 0 Å². The fraction of sp³-hybridized carbons (Fsp3) is 0.375. The van der Waals surface area contributed by atoms with Crippen LogP contribution in [0.25, 0.3) is 0 Å². The van der Waals surface area contributed by atoms with E-state index in [9.17, 15) is 4.79 Å². The number of aliphatic hydroxyl groups excluding tert-OH is 1. The number of hydrogen-bond acceptors (Lipinski definition) is 7. The van der Waals surface area contributed by atoms with Crippen LogP contribution in [0.3, 0.4) is 0 Å². The van der Waals surface area contributed by atoms with Crippen molar-refractivity contribution >= 4 is 35.3 Å². The predicted octanol–water partition coefficient (Wildman–Crippen LogP) is -0.539. The van der Waals surface area contributed by atoms with Crippen molar-refractivity contribution in [2.75, 3.05) is 29.1 Å². The van der Waals surface area contributed by atoms with Crippen LogP contribution in [0, 0.1) is 0 Å². The second-order valence-electron chi connectivity index (χ2n) is 3.21. The number of halogens is 1. The molecule has 0 saturated heterocycles. The van der Waals surface area contributed by atoms with E-state index in [0.29, 0.717) is 17.8 Å². The number of nitrogens with zero attached hydrogens (tertiary/aromatic N) is 3. The molecule has 0 aromatic carbocycles. The van der Waals surface area contributed by atoms with Crippen LogP contribution >= 0.6 is 11.6 Å². The van der Waals surface area contributed by atoms with Crippen LogP contribution in [0.15, 0.2) is 0 Å². The summed E-state index contributed by atoms with van der Waals surface area (Å²) < 4.78 is 0. The van der Waals surface area contributed by atoms with Crippen LogP contribution in [-0.2, 0) is 4.79 Å². The lowest BCUT2D eigenvalue weighted by Gasteiger charge is -2.20. The monoisotopic (exact) mass is 243 g/mol.